The summed E-state index contributed by atoms with van der Waals surface area (Å²) in [5, 5.41) is 3.00. The number of carbonyl (C=O) groups is 1. The van der Waals surface area contributed by atoms with Gasteiger partial charge in [-0.25, -0.2) is 12.8 Å². The van der Waals surface area contributed by atoms with Crippen LogP contribution in [0.5, 0.6) is 0 Å². The van der Waals surface area contributed by atoms with Gasteiger partial charge >= 0.3 is 0 Å². The van der Waals surface area contributed by atoms with Crippen molar-refractivity contribution in [3.05, 3.63) is 50.9 Å². The Kier molecular flexibility index (Phi) is 11.0. The lowest BCUT2D eigenvalue weighted by Crippen LogP contribution is -2.39. The minimum Gasteiger partial charge on any atom is -0.356 e. The smallest absolute Gasteiger partial charge is 0.243 e. The van der Waals surface area contributed by atoms with E-state index in [2.05, 4.69) is 5.32 Å². The molecule has 1 saturated carbocycles. The van der Waals surface area contributed by atoms with Crippen molar-refractivity contribution in [2.24, 2.45) is 0 Å². The lowest BCUT2D eigenvalue weighted by molar-refractivity contribution is -0.119. The molecule has 5 nitrogen and oxygen atoms in total. The van der Waals surface area contributed by atoms with Crippen molar-refractivity contribution >= 4 is 15.9 Å². The number of carbonyl (C=O) groups excluding carboxylic acids is 1. The second-order valence-electron chi connectivity index (χ2n) is 7.78. The number of hydrogen-bond acceptors (Lipinski definition) is 3. The minimum absolute atomic E-state index is 0. The summed E-state index contributed by atoms with van der Waals surface area (Å²) in [5.74, 6) is 0.570. The number of amides is 1. The molecule has 1 aliphatic carbocycles. The van der Waals surface area contributed by atoms with Gasteiger partial charge in [-0.15, -0.1) is 0 Å². The summed E-state index contributed by atoms with van der Waals surface area (Å²) in [6.07, 6.45) is 9.73. The van der Waals surface area contributed by atoms with E-state index in [4.69, 9.17) is 0 Å². The first kappa shape index (κ1) is 26.6. The third kappa shape index (κ3) is 6.77. The van der Waals surface area contributed by atoms with Gasteiger partial charge in [0.2, 0.25) is 15.9 Å². The van der Waals surface area contributed by atoms with Crippen molar-refractivity contribution < 1.29 is 17.6 Å². The first-order chi connectivity index (χ1) is 13.5. The number of nitrogens with one attached hydrogen (secondary N) is 1. The average Bonchev–Trinajstić information content (AvgIpc) is 3.11. The van der Waals surface area contributed by atoms with Crippen LogP contribution in [0.4, 0.5) is 4.39 Å². The fraction of sp³-hybridized carbons (Fsp3) is 0.565. The summed E-state index contributed by atoms with van der Waals surface area (Å²) in [6, 6.07) is 4.84. The summed E-state index contributed by atoms with van der Waals surface area (Å²) in [4.78, 5) is 12.6. The van der Waals surface area contributed by atoms with Gasteiger partial charge in [0.25, 0.3) is 0 Å². The van der Waals surface area contributed by atoms with E-state index in [9.17, 15) is 17.6 Å². The van der Waals surface area contributed by atoms with Crippen molar-refractivity contribution in [2.75, 3.05) is 13.1 Å². The van der Waals surface area contributed by atoms with Crippen LogP contribution in [0, 0.1) is 26.6 Å². The quantitative estimate of drug-likeness (QED) is 0.715. The molecule has 0 aromatic heterocycles. The van der Waals surface area contributed by atoms with E-state index in [0.717, 1.165) is 44.4 Å². The summed E-state index contributed by atoms with van der Waals surface area (Å²) in [7, 11) is -3.64. The highest BCUT2D eigenvalue weighted by molar-refractivity contribution is 7.89. The normalized spacial score (nSPS) is 21.0. The van der Waals surface area contributed by atoms with Crippen LogP contribution >= 0.6 is 0 Å². The molecule has 7 heteroatoms. The zero-order valence-electron chi connectivity index (χ0n) is 17.7. The van der Waals surface area contributed by atoms with Gasteiger partial charge in [0.05, 0.1) is 10.8 Å². The van der Waals surface area contributed by atoms with Gasteiger partial charge in [-0.05, 0) is 56.4 Å². The molecule has 1 amide bonds. The molecule has 1 unspecified atom stereocenters. The lowest BCUT2D eigenvalue weighted by Gasteiger charge is -2.25. The number of halogens is 1. The fourth-order valence-electron chi connectivity index (χ4n) is 4.19. The Balaban J connectivity index is 0.00000225. The number of hydrogen-bond donors (Lipinski definition) is 1. The number of rotatable bonds is 6. The molecule has 1 aliphatic heterocycles. The van der Waals surface area contributed by atoms with E-state index < -0.39 is 15.8 Å². The molecule has 1 atom stereocenters. The van der Waals surface area contributed by atoms with Crippen LogP contribution in [0.15, 0.2) is 29.2 Å². The predicted molar refractivity (Wildman–Crippen MR) is 117 cm³/mol. The molecule has 30 heavy (non-hydrogen) atoms. The van der Waals surface area contributed by atoms with Gasteiger partial charge in [-0.1, -0.05) is 47.0 Å². The Hall–Kier alpha value is -1.47. The van der Waals surface area contributed by atoms with Crippen LogP contribution in [0.25, 0.3) is 0 Å². The van der Waals surface area contributed by atoms with Crippen molar-refractivity contribution in [3.63, 3.8) is 0 Å². The van der Waals surface area contributed by atoms with Crippen LogP contribution in [-0.4, -0.2) is 37.8 Å². The number of nitrogens with zero attached hydrogens (tertiary/aromatic N) is 1. The largest absolute Gasteiger partial charge is 0.356 e. The molecule has 0 spiro atoms. The summed E-state index contributed by atoms with van der Waals surface area (Å²) in [5.41, 5.74) is 0. The van der Waals surface area contributed by atoms with E-state index in [1.807, 2.05) is 0 Å². The Bertz CT molecular complexity index is 744. The molecule has 1 heterocycles. The van der Waals surface area contributed by atoms with Crippen LogP contribution < -0.4 is 5.32 Å². The minimum atomic E-state index is -3.64. The highest BCUT2D eigenvalue weighted by atomic mass is 32.2. The number of sulfonamides is 1. The van der Waals surface area contributed by atoms with E-state index in [0.29, 0.717) is 19.5 Å². The summed E-state index contributed by atoms with van der Waals surface area (Å²) < 4.78 is 40.4. The van der Waals surface area contributed by atoms with E-state index in [1.165, 1.54) is 47.8 Å². The Morgan fingerprint density at radius 2 is 1.60 bits per heavy atom. The highest BCUT2D eigenvalue weighted by Gasteiger charge is 2.35. The van der Waals surface area contributed by atoms with Gasteiger partial charge < -0.3 is 5.32 Å². The summed E-state index contributed by atoms with van der Waals surface area (Å²) in [6.45, 7) is 0.943. The molecular weight excluding hydrogens is 403 g/mol. The van der Waals surface area contributed by atoms with Gasteiger partial charge in [0.15, 0.2) is 0 Å². The zero-order chi connectivity index (χ0) is 20.0. The van der Waals surface area contributed by atoms with E-state index in [-0.39, 0.29) is 31.7 Å². The molecule has 3 rings (SSSR count). The zero-order valence-corrected chi connectivity index (χ0v) is 18.6. The number of benzene rings is 1. The highest BCUT2D eigenvalue weighted by Crippen LogP contribution is 2.28. The van der Waals surface area contributed by atoms with E-state index in [1.54, 1.807) is 0 Å². The Labute approximate surface area is 182 Å². The Morgan fingerprint density at radius 1 is 1.00 bits per heavy atom. The topological polar surface area (TPSA) is 66.5 Å². The molecule has 0 bridgehead atoms. The molecule has 2 aliphatic rings. The first-order valence-electron chi connectivity index (χ1n) is 10.4. The molecule has 1 saturated heterocycles. The van der Waals surface area contributed by atoms with Crippen LogP contribution in [0.2, 0.25) is 0 Å². The molecule has 167 valence electrons. The Morgan fingerprint density at radius 3 is 2.23 bits per heavy atom. The van der Waals surface area contributed by atoms with Crippen LogP contribution in [0.1, 0.15) is 64.2 Å². The summed E-state index contributed by atoms with van der Waals surface area (Å²) >= 11 is 0. The second-order valence-corrected chi connectivity index (χ2v) is 9.67. The third-order valence-corrected chi connectivity index (χ3v) is 7.75. The SMILES string of the molecule is O=C(NCCC1CCCN1S(=O)(=O)c1ccc(F)cc1)[C]1CCCCCCC1.[CH2].[CH2]. The van der Waals surface area contributed by atoms with Gasteiger partial charge in [-0.2, -0.15) is 4.31 Å². The third-order valence-electron chi connectivity index (χ3n) is 5.78. The van der Waals surface area contributed by atoms with Gasteiger partial charge in [0, 0.05) is 19.1 Å². The molecule has 1 N–H and O–H groups in total. The molecule has 5 radical (unpaired) electrons. The lowest BCUT2D eigenvalue weighted by atomic mass is 9.90. The fourth-order valence-corrected chi connectivity index (χ4v) is 5.92. The molecule has 1 aromatic carbocycles. The maximum Gasteiger partial charge on any atom is 0.243 e. The van der Waals surface area contributed by atoms with Gasteiger partial charge in [-0.3, -0.25) is 4.79 Å². The van der Waals surface area contributed by atoms with Crippen LogP contribution in [-0.2, 0) is 14.8 Å². The standard InChI is InChI=1S/C21H30FN2O3S.2CH2/c22-18-10-12-20(13-11-18)28(26,27)24-16-6-9-19(24)14-15-23-21(25)17-7-4-2-1-3-5-8-17;;/h10-13,19H,1-9,14-16H2,(H,23,25);2*1H2. The van der Waals surface area contributed by atoms with E-state index >= 15 is 0 Å². The van der Waals surface area contributed by atoms with Crippen molar-refractivity contribution in [1.29, 1.82) is 0 Å². The van der Waals surface area contributed by atoms with Crippen LogP contribution in [0.3, 0.4) is 0 Å². The monoisotopic (exact) mass is 437 g/mol. The van der Waals surface area contributed by atoms with Crippen molar-refractivity contribution in [1.82, 2.24) is 9.62 Å². The predicted octanol–water partition coefficient (Wildman–Crippen LogP) is 4.46. The van der Waals surface area contributed by atoms with Crippen molar-refractivity contribution in [3.8, 4) is 0 Å². The van der Waals surface area contributed by atoms with Crippen molar-refractivity contribution in [2.45, 2.75) is 75.1 Å². The average molecular weight is 438 g/mol. The second kappa shape index (κ2) is 12.4. The van der Waals surface area contributed by atoms with Gasteiger partial charge in [0.1, 0.15) is 5.82 Å². The molecule has 2 fully saturated rings. The maximum atomic E-state index is 13.1. The first-order valence-corrected chi connectivity index (χ1v) is 11.8. The molecule has 1 aromatic rings. The molecular formula is C23H34FN2O3S. The maximum absolute atomic E-state index is 13.1.